The fraction of sp³-hybridized carbons (Fsp3) is 0.143. The lowest BCUT2D eigenvalue weighted by Crippen LogP contribution is -2.08. The van der Waals surface area contributed by atoms with Crippen molar-refractivity contribution in [3.63, 3.8) is 0 Å². The molecule has 58 valence electrons. The molecule has 0 aromatic carbocycles. The number of rotatable bonds is 2. The summed E-state index contributed by atoms with van der Waals surface area (Å²) in [6, 6.07) is 5.11. The first-order valence-corrected chi connectivity index (χ1v) is 4.30. The van der Waals surface area contributed by atoms with Crippen LogP contribution in [0.25, 0.3) is 0 Å². The second-order valence-electron chi connectivity index (χ2n) is 1.88. The number of halogens is 2. The van der Waals surface area contributed by atoms with E-state index in [4.69, 9.17) is 11.6 Å². The Kier molecular flexibility index (Phi) is 3.02. The van der Waals surface area contributed by atoms with Gasteiger partial charge in [0, 0.05) is 6.20 Å². The van der Waals surface area contributed by atoms with Gasteiger partial charge in [-0.1, -0.05) is 22.0 Å². The van der Waals surface area contributed by atoms with E-state index in [2.05, 4.69) is 20.9 Å². The van der Waals surface area contributed by atoms with Crippen molar-refractivity contribution < 1.29 is 4.79 Å². The van der Waals surface area contributed by atoms with E-state index in [0.717, 1.165) is 0 Å². The SMILES string of the molecule is O=C(c1ccccn1)C(Cl)Br. The van der Waals surface area contributed by atoms with Crippen LogP contribution in [0.15, 0.2) is 24.4 Å². The van der Waals surface area contributed by atoms with E-state index >= 15 is 0 Å². The number of carbonyl (C=O) groups excluding carboxylic acids is 1. The van der Waals surface area contributed by atoms with Gasteiger partial charge in [0.1, 0.15) is 5.69 Å². The Hall–Kier alpha value is -0.410. The zero-order valence-electron chi connectivity index (χ0n) is 5.50. The Labute approximate surface area is 77.7 Å². The molecule has 0 bridgehead atoms. The molecule has 0 saturated carbocycles. The van der Waals surface area contributed by atoms with Gasteiger partial charge in [0.2, 0.25) is 5.78 Å². The Morgan fingerprint density at radius 2 is 2.36 bits per heavy atom. The van der Waals surface area contributed by atoms with Crippen molar-refractivity contribution in [2.24, 2.45) is 0 Å². The molecule has 0 fully saturated rings. The van der Waals surface area contributed by atoms with Crippen LogP contribution in [0.1, 0.15) is 10.5 Å². The topological polar surface area (TPSA) is 30.0 Å². The normalized spacial score (nSPS) is 12.5. The third-order valence-corrected chi connectivity index (χ3v) is 1.73. The maximum absolute atomic E-state index is 11.1. The Bertz CT molecular complexity index is 250. The molecular weight excluding hydrogens is 229 g/mol. The molecule has 1 unspecified atom stereocenters. The zero-order valence-corrected chi connectivity index (χ0v) is 7.84. The molecule has 1 atom stereocenters. The van der Waals surface area contributed by atoms with Crippen molar-refractivity contribution in [2.75, 3.05) is 0 Å². The fourth-order valence-electron chi connectivity index (χ4n) is 0.620. The van der Waals surface area contributed by atoms with E-state index in [0.29, 0.717) is 5.69 Å². The summed E-state index contributed by atoms with van der Waals surface area (Å²) in [5, 5.41) is 0. The summed E-state index contributed by atoms with van der Waals surface area (Å²) >= 11 is 8.44. The summed E-state index contributed by atoms with van der Waals surface area (Å²) < 4.78 is -0.683. The minimum absolute atomic E-state index is 0.215. The molecule has 11 heavy (non-hydrogen) atoms. The molecule has 0 aliphatic carbocycles. The van der Waals surface area contributed by atoms with Gasteiger partial charge in [-0.3, -0.25) is 9.78 Å². The summed E-state index contributed by atoms with van der Waals surface area (Å²) in [5.41, 5.74) is 0.379. The molecule has 1 aromatic heterocycles. The van der Waals surface area contributed by atoms with Gasteiger partial charge in [-0.2, -0.15) is 0 Å². The first-order chi connectivity index (χ1) is 5.22. The molecule has 2 nitrogen and oxygen atoms in total. The van der Waals surface area contributed by atoms with Gasteiger partial charge >= 0.3 is 0 Å². The number of alkyl halides is 2. The summed E-state index contributed by atoms with van der Waals surface area (Å²) in [5.74, 6) is -0.215. The van der Waals surface area contributed by atoms with Crippen LogP contribution < -0.4 is 0 Å². The predicted molar refractivity (Wildman–Crippen MR) is 47.1 cm³/mol. The lowest BCUT2D eigenvalue weighted by molar-refractivity contribution is 0.101. The Morgan fingerprint density at radius 3 is 2.82 bits per heavy atom. The number of hydrogen-bond donors (Lipinski definition) is 0. The minimum Gasteiger partial charge on any atom is -0.290 e. The molecule has 1 heterocycles. The highest BCUT2D eigenvalue weighted by molar-refractivity contribution is 9.10. The van der Waals surface area contributed by atoms with Crippen molar-refractivity contribution >= 4 is 33.3 Å². The van der Waals surface area contributed by atoms with E-state index in [1.807, 2.05) is 0 Å². The number of carbonyl (C=O) groups is 1. The van der Waals surface area contributed by atoms with Crippen LogP contribution in [0, 0.1) is 0 Å². The van der Waals surface area contributed by atoms with E-state index in [1.54, 1.807) is 24.4 Å². The van der Waals surface area contributed by atoms with Crippen molar-refractivity contribution in [1.29, 1.82) is 0 Å². The van der Waals surface area contributed by atoms with Crippen molar-refractivity contribution in [3.8, 4) is 0 Å². The highest BCUT2D eigenvalue weighted by Gasteiger charge is 2.13. The van der Waals surface area contributed by atoms with Crippen LogP contribution in [0.4, 0.5) is 0 Å². The molecule has 0 N–H and O–H groups in total. The molecule has 0 saturated heterocycles. The number of pyridine rings is 1. The van der Waals surface area contributed by atoms with Crippen molar-refractivity contribution in [2.45, 2.75) is 4.29 Å². The minimum atomic E-state index is -0.683. The highest BCUT2D eigenvalue weighted by Crippen LogP contribution is 2.11. The third-order valence-electron chi connectivity index (χ3n) is 1.12. The third kappa shape index (κ3) is 2.27. The molecule has 1 aromatic rings. The van der Waals surface area contributed by atoms with Crippen LogP contribution in [-0.4, -0.2) is 15.1 Å². The monoisotopic (exact) mass is 233 g/mol. The number of Topliss-reactive ketones (excluding diaryl/α,β-unsaturated/α-hetero) is 1. The van der Waals surface area contributed by atoms with Gasteiger partial charge in [0.05, 0.1) is 0 Å². The predicted octanol–water partition coefficient (Wildman–Crippen LogP) is 2.22. The molecule has 0 aliphatic rings. The zero-order chi connectivity index (χ0) is 8.27. The summed E-state index contributed by atoms with van der Waals surface area (Å²) in [4.78, 5) is 14.9. The molecule has 0 aliphatic heterocycles. The first kappa shape index (κ1) is 8.68. The van der Waals surface area contributed by atoms with Crippen LogP contribution in [-0.2, 0) is 0 Å². The molecule has 4 heteroatoms. The second-order valence-corrected chi connectivity index (χ2v) is 3.76. The average Bonchev–Trinajstić information content (AvgIpc) is 2.05. The van der Waals surface area contributed by atoms with Crippen LogP contribution in [0.2, 0.25) is 0 Å². The van der Waals surface area contributed by atoms with Gasteiger partial charge in [0.25, 0.3) is 0 Å². The Balaban J connectivity index is 2.86. The number of hydrogen-bond acceptors (Lipinski definition) is 2. The van der Waals surface area contributed by atoms with Crippen LogP contribution in [0.3, 0.4) is 0 Å². The lowest BCUT2D eigenvalue weighted by atomic mass is 10.3. The van der Waals surface area contributed by atoms with Crippen molar-refractivity contribution in [3.05, 3.63) is 30.1 Å². The average molecular weight is 234 g/mol. The van der Waals surface area contributed by atoms with Gasteiger partial charge < -0.3 is 0 Å². The van der Waals surface area contributed by atoms with Gasteiger partial charge in [0.15, 0.2) is 4.29 Å². The van der Waals surface area contributed by atoms with E-state index < -0.39 is 4.29 Å². The standard InChI is InChI=1S/C7H5BrClNO/c8-7(9)6(11)5-3-1-2-4-10-5/h1-4,7H. The van der Waals surface area contributed by atoms with Crippen molar-refractivity contribution in [1.82, 2.24) is 4.98 Å². The lowest BCUT2D eigenvalue weighted by Gasteiger charge is -1.97. The van der Waals surface area contributed by atoms with E-state index in [1.165, 1.54) is 0 Å². The van der Waals surface area contributed by atoms with Gasteiger partial charge in [-0.25, -0.2) is 0 Å². The largest absolute Gasteiger partial charge is 0.290 e. The maximum atomic E-state index is 11.1. The number of ketones is 1. The van der Waals surface area contributed by atoms with Gasteiger partial charge in [-0.15, -0.1) is 11.6 Å². The molecule has 1 rings (SSSR count). The first-order valence-electron chi connectivity index (χ1n) is 2.95. The van der Waals surface area contributed by atoms with E-state index in [-0.39, 0.29) is 5.78 Å². The second kappa shape index (κ2) is 3.83. The number of nitrogens with zero attached hydrogens (tertiary/aromatic N) is 1. The molecule has 0 amide bonds. The Morgan fingerprint density at radius 1 is 1.64 bits per heavy atom. The van der Waals surface area contributed by atoms with Crippen LogP contribution >= 0.6 is 27.5 Å². The number of aromatic nitrogens is 1. The molecular formula is C7H5BrClNO. The maximum Gasteiger partial charge on any atom is 0.209 e. The molecule has 0 radical (unpaired) electrons. The summed E-state index contributed by atoms with van der Waals surface area (Å²) in [7, 11) is 0. The summed E-state index contributed by atoms with van der Waals surface area (Å²) in [6.45, 7) is 0. The van der Waals surface area contributed by atoms with Crippen LogP contribution in [0.5, 0.6) is 0 Å². The smallest absolute Gasteiger partial charge is 0.209 e. The fourth-order valence-corrected chi connectivity index (χ4v) is 0.967. The van der Waals surface area contributed by atoms with E-state index in [9.17, 15) is 4.79 Å². The quantitative estimate of drug-likeness (QED) is 0.580. The molecule has 0 spiro atoms. The summed E-state index contributed by atoms with van der Waals surface area (Å²) in [6.07, 6.45) is 1.56. The van der Waals surface area contributed by atoms with Gasteiger partial charge in [-0.05, 0) is 12.1 Å². The highest BCUT2D eigenvalue weighted by atomic mass is 79.9.